The summed E-state index contributed by atoms with van der Waals surface area (Å²) in [4.78, 5) is 38.6. The van der Waals surface area contributed by atoms with Gasteiger partial charge in [0.2, 0.25) is 0 Å². The number of esters is 1. The zero-order chi connectivity index (χ0) is 23.1. The zero-order valence-electron chi connectivity index (χ0n) is 18.0. The lowest BCUT2D eigenvalue weighted by molar-refractivity contribution is -0.139. The highest BCUT2D eigenvalue weighted by Gasteiger charge is 2.29. The molecule has 1 aromatic carbocycles. The Morgan fingerprint density at radius 2 is 1.81 bits per heavy atom. The van der Waals surface area contributed by atoms with Crippen LogP contribution in [0.2, 0.25) is 0 Å². The lowest BCUT2D eigenvalue weighted by Gasteiger charge is -2.38. The first kappa shape index (κ1) is 23.3. The van der Waals surface area contributed by atoms with E-state index >= 15 is 0 Å². The summed E-state index contributed by atoms with van der Waals surface area (Å²) in [5.74, 6) is -0.779. The number of anilines is 1. The number of piperidine rings is 1. The van der Waals surface area contributed by atoms with Gasteiger partial charge in [-0.3, -0.25) is 9.59 Å². The summed E-state index contributed by atoms with van der Waals surface area (Å²) in [5, 5.41) is 13.6. The van der Waals surface area contributed by atoms with Crippen molar-refractivity contribution in [3.63, 3.8) is 0 Å². The van der Waals surface area contributed by atoms with E-state index in [1.165, 1.54) is 23.5 Å². The van der Waals surface area contributed by atoms with Gasteiger partial charge >= 0.3 is 5.97 Å². The molecule has 168 valence electrons. The summed E-state index contributed by atoms with van der Waals surface area (Å²) in [7, 11) is 0. The first-order chi connectivity index (χ1) is 15.4. The van der Waals surface area contributed by atoms with Crippen molar-refractivity contribution in [1.82, 2.24) is 4.90 Å². The van der Waals surface area contributed by atoms with Crippen LogP contribution in [0.3, 0.4) is 0 Å². The van der Waals surface area contributed by atoms with Crippen LogP contribution in [0.4, 0.5) is 5.00 Å². The summed E-state index contributed by atoms with van der Waals surface area (Å²) >= 11 is 1.21. The fourth-order valence-electron chi connectivity index (χ4n) is 3.69. The maximum Gasteiger partial charge on any atom is 0.338 e. The minimum atomic E-state index is -0.662. The van der Waals surface area contributed by atoms with Crippen LogP contribution in [-0.4, -0.2) is 48.0 Å². The molecule has 1 aliphatic rings. The van der Waals surface area contributed by atoms with E-state index in [1.807, 2.05) is 11.0 Å². The predicted octanol–water partition coefficient (Wildman–Crippen LogP) is 3.58. The average Bonchev–Trinajstić information content (AvgIpc) is 3.23. The maximum atomic E-state index is 12.5. The van der Waals surface area contributed by atoms with Crippen LogP contribution in [-0.2, 0) is 14.3 Å². The van der Waals surface area contributed by atoms with Crippen LogP contribution in [0.1, 0.15) is 49.0 Å². The van der Waals surface area contributed by atoms with Gasteiger partial charge in [0, 0.05) is 12.1 Å². The number of carbonyl (C=O) groups is 3. The molecule has 0 bridgehead atoms. The first-order valence-electron chi connectivity index (χ1n) is 10.4. The topological polar surface area (TPSA) is 109 Å². The molecular weight excluding hydrogens is 430 g/mol. The van der Waals surface area contributed by atoms with Gasteiger partial charge < -0.3 is 19.7 Å². The molecule has 1 fully saturated rings. The number of nitrogens with one attached hydrogen (secondary N) is 1. The van der Waals surface area contributed by atoms with Gasteiger partial charge in [0.25, 0.3) is 11.8 Å². The molecule has 1 saturated heterocycles. The number of nitriles is 1. The Kier molecular flexibility index (Phi) is 7.84. The quantitative estimate of drug-likeness (QED) is 0.639. The fourth-order valence-corrected chi connectivity index (χ4v) is 4.44. The number of hydrogen-bond donors (Lipinski definition) is 1. The normalized spacial score (nSPS) is 17.8. The minimum Gasteiger partial charge on any atom is -0.484 e. The molecule has 0 radical (unpaired) electrons. The Morgan fingerprint density at radius 1 is 1.12 bits per heavy atom. The number of ether oxygens (including phenoxy) is 2. The molecular formula is C23H25N3O5S. The molecule has 1 aliphatic heterocycles. The van der Waals surface area contributed by atoms with Crippen LogP contribution in [0.5, 0.6) is 5.75 Å². The molecule has 9 heteroatoms. The van der Waals surface area contributed by atoms with Gasteiger partial charge in [-0.15, -0.1) is 11.3 Å². The molecule has 0 spiro atoms. The van der Waals surface area contributed by atoms with Crippen molar-refractivity contribution in [3.05, 3.63) is 46.8 Å². The maximum absolute atomic E-state index is 12.5. The van der Waals surface area contributed by atoms with Gasteiger partial charge in [-0.2, -0.15) is 5.26 Å². The number of amides is 2. The zero-order valence-corrected chi connectivity index (χ0v) is 18.8. The van der Waals surface area contributed by atoms with Crippen LogP contribution in [0.15, 0.2) is 35.7 Å². The van der Waals surface area contributed by atoms with Crippen LogP contribution in [0, 0.1) is 11.3 Å². The lowest BCUT2D eigenvalue weighted by atomic mass is 9.97. The molecule has 3 rings (SSSR count). The van der Waals surface area contributed by atoms with Crippen molar-refractivity contribution in [2.75, 3.05) is 18.5 Å². The number of benzene rings is 1. The molecule has 2 aromatic rings. The van der Waals surface area contributed by atoms with E-state index in [2.05, 4.69) is 19.2 Å². The van der Waals surface area contributed by atoms with E-state index < -0.39 is 18.5 Å². The molecule has 2 heterocycles. The SMILES string of the molecule is C[C@@H]1CCC[C@H](C)N1C(=O)COc1ccc(C(=O)OCC(=O)Nc2sccc2C#N)cc1. The van der Waals surface area contributed by atoms with E-state index in [0.29, 0.717) is 16.3 Å². The molecule has 32 heavy (non-hydrogen) atoms. The summed E-state index contributed by atoms with van der Waals surface area (Å²) in [6, 6.07) is 10.2. The minimum absolute atomic E-state index is 0.0514. The number of nitrogens with zero attached hydrogens (tertiary/aromatic N) is 2. The largest absolute Gasteiger partial charge is 0.484 e. The Hall–Kier alpha value is -3.38. The van der Waals surface area contributed by atoms with Crippen LogP contribution >= 0.6 is 11.3 Å². The van der Waals surface area contributed by atoms with Gasteiger partial charge in [0.15, 0.2) is 13.2 Å². The second kappa shape index (κ2) is 10.8. The Morgan fingerprint density at radius 3 is 2.47 bits per heavy atom. The third-order valence-corrected chi connectivity index (χ3v) is 6.14. The highest BCUT2D eigenvalue weighted by molar-refractivity contribution is 7.14. The highest BCUT2D eigenvalue weighted by Crippen LogP contribution is 2.23. The molecule has 1 aromatic heterocycles. The monoisotopic (exact) mass is 455 g/mol. The standard InChI is InChI=1S/C23H25N3O5S/c1-15-4-3-5-16(2)26(15)21(28)14-30-19-8-6-17(7-9-19)23(29)31-13-20(27)25-22-18(12-24)10-11-32-22/h6-11,15-16H,3-5,13-14H2,1-2H3,(H,25,27)/t15-,16+. The molecule has 8 nitrogen and oxygen atoms in total. The van der Waals surface area contributed by atoms with Crippen molar-refractivity contribution in [2.24, 2.45) is 0 Å². The molecule has 0 unspecified atom stereocenters. The number of thiophene rings is 1. The highest BCUT2D eigenvalue weighted by atomic mass is 32.1. The van der Waals surface area contributed by atoms with Gasteiger partial charge in [-0.1, -0.05) is 0 Å². The summed E-state index contributed by atoms with van der Waals surface area (Å²) < 4.78 is 10.6. The second-order valence-corrected chi connectivity index (χ2v) is 8.56. The fraction of sp³-hybridized carbons (Fsp3) is 0.391. The Labute approximate surface area is 190 Å². The van der Waals surface area contributed by atoms with Crippen LogP contribution < -0.4 is 10.1 Å². The van der Waals surface area contributed by atoms with Gasteiger partial charge in [-0.25, -0.2) is 4.79 Å². The van der Waals surface area contributed by atoms with E-state index in [0.717, 1.165) is 19.3 Å². The molecule has 2 atom stereocenters. The van der Waals surface area contributed by atoms with Crippen molar-refractivity contribution >= 4 is 34.1 Å². The third-order valence-electron chi connectivity index (χ3n) is 5.31. The molecule has 2 amide bonds. The first-order valence-corrected chi connectivity index (χ1v) is 11.3. The summed E-state index contributed by atoms with van der Waals surface area (Å²) in [5.41, 5.74) is 0.608. The Balaban J connectivity index is 1.46. The van der Waals surface area contributed by atoms with E-state index in [9.17, 15) is 14.4 Å². The van der Waals surface area contributed by atoms with Gasteiger partial charge in [0.1, 0.15) is 16.8 Å². The molecule has 0 aliphatic carbocycles. The molecule has 0 saturated carbocycles. The summed E-state index contributed by atoms with van der Waals surface area (Å²) in [6.07, 6.45) is 3.12. The lowest BCUT2D eigenvalue weighted by Crippen LogP contribution is -2.49. The van der Waals surface area contributed by atoms with Gasteiger partial charge in [0.05, 0.1) is 11.1 Å². The number of rotatable bonds is 7. The van der Waals surface area contributed by atoms with Crippen LogP contribution in [0.25, 0.3) is 0 Å². The molecule has 1 N–H and O–H groups in total. The van der Waals surface area contributed by atoms with E-state index in [4.69, 9.17) is 14.7 Å². The predicted molar refractivity (Wildman–Crippen MR) is 120 cm³/mol. The van der Waals surface area contributed by atoms with Crippen molar-refractivity contribution < 1.29 is 23.9 Å². The smallest absolute Gasteiger partial charge is 0.338 e. The van der Waals surface area contributed by atoms with E-state index in [1.54, 1.807) is 23.6 Å². The Bertz CT molecular complexity index is 1000. The summed E-state index contributed by atoms with van der Waals surface area (Å²) in [6.45, 7) is 3.57. The third kappa shape index (κ3) is 5.86. The van der Waals surface area contributed by atoms with E-state index in [-0.39, 0.29) is 30.2 Å². The van der Waals surface area contributed by atoms with Gasteiger partial charge in [-0.05, 0) is 68.8 Å². The van der Waals surface area contributed by atoms with Crippen molar-refractivity contribution in [2.45, 2.75) is 45.2 Å². The van der Waals surface area contributed by atoms with Crippen molar-refractivity contribution in [1.29, 1.82) is 5.26 Å². The number of carbonyl (C=O) groups excluding carboxylic acids is 3. The number of hydrogen-bond acceptors (Lipinski definition) is 7. The average molecular weight is 456 g/mol. The number of likely N-dealkylation sites (tertiary alicyclic amines) is 1. The second-order valence-electron chi connectivity index (χ2n) is 7.64. The van der Waals surface area contributed by atoms with Crippen molar-refractivity contribution in [3.8, 4) is 11.8 Å².